The SMILES string of the molecule is COc1ccc2c(O[C@@H]3O[C@H](COC(C)=O)[C@H](OC(C)=O)[C@H](OC(C)=O)[C@H]3OC(C)=O)c(OC(C)=O)c(=O)oc2c1. The lowest BCUT2D eigenvalue weighted by Gasteiger charge is -2.44. The third kappa shape index (κ3) is 7.72. The highest BCUT2D eigenvalue weighted by atomic mass is 16.7. The molecule has 5 atom stereocenters. The van der Waals surface area contributed by atoms with Crippen LogP contribution in [0.25, 0.3) is 11.0 Å². The van der Waals surface area contributed by atoms with Crippen LogP contribution in [0.15, 0.2) is 27.4 Å². The van der Waals surface area contributed by atoms with Crippen LogP contribution in [0.3, 0.4) is 0 Å². The van der Waals surface area contributed by atoms with Gasteiger partial charge in [-0.1, -0.05) is 0 Å². The van der Waals surface area contributed by atoms with E-state index >= 15 is 0 Å². The third-order valence-electron chi connectivity index (χ3n) is 5.46. The molecule has 15 nitrogen and oxygen atoms in total. The normalized spacial score (nSPS) is 21.8. The van der Waals surface area contributed by atoms with Gasteiger partial charge >= 0.3 is 35.5 Å². The van der Waals surface area contributed by atoms with Gasteiger partial charge in [-0.3, -0.25) is 24.0 Å². The minimum Gasteiger partial charge on any atom is -0.497 e. The zero-order chi connectivity index (χ0) is 30.4. The van der Waals surface area contributed by atoms with Crippen LogP contribution in [-0.4, -0.2) is 74.3 Å². The Bertz CT molecular complexity index is 1390. The molecule has 0 N–H and O–H groups in total. The maximum Gasteiger partial charge on any atom is 0.383 e. The van der Waals surface area contributed by atoms with Crippen molar-refractivity contribution in [3.8, 4) is 17.2 Å². The highest BCUT2D eigenvalue weighted by Gasteiger charge is 2.53. The molecule has 222 valence electrons. The fraction of sp³-hybridized carbons (Fsp3) is 0.462. The van der Waals surface area contributed by atoms with E-state index in [1.807, 2.05) is 0 Å². The van der Waals surface area contributed by atoms with Crippen LogP contribution >= 0.6 is 0 Å². The minimum absolute atomic E-state index is 0.0362. The molecule has 1 fully saturated rings. The lowest BCUT2D eigenvalue weighted by Crippen LogP contribution is -2.63. The molecule has 3 rings (SSSR count). The molecular weight excluding hydrogens is 552 g/mol. The first-order valence-electron chi connectivity index (χ1n) is 12.1. The van der Waals surface area contributed by atoms with Crippen LogP contribution in [0.2, 0.25) is 0 Å². The molecule has 0 amide bonds. The standard InChI is InChI=1S/C26H28O15/c1-11(27)34-10-19-21(35-12(2)28)22(36-13(3)29)24(38-15(5)31)26(40-19)41-20-17-8-7-16(33-6)9-18(17)39-25(32)23(20)37-14(4)30/h7-9,19,21-22,24,26H,10H2,1-6H3/t19-,21+,22+,24-,26+/m1/s1. The molecule has 0 unspecified atom stereocenters. The van der Waals surface area contributed by atoms with Crippen molar-refractivity contribution in [2.24, 2.45) is 0 Å². The second kappa shape index (κ2) is 13.1. The summed E-state index contributed by atoms with van der Waals surface area (Å²) in [5, 5.41) is 0.106. The van der Waals surface area contributed by atoms with Gasteiger partial charge in [-0.05, 0) is 12.1 Å². The number of rotatable bonds is 9. The number of carbonyl (C=O) groups excluding carboxylic acids is 5. The van der Waals surface area contributed by atoms with Gasteiger partial charge in [-0.25, -0.2) is 4.79 Å². The second-order valence-electron chi connectivity index (χ2n) is 8.69. The van der Waals surface area contributed by atoms with Crippen molar-refractivity contribution in [2.75, 3.05) is 13.7 Å². The Labute approximate surface area is 232 Å². The van der Waals surface area contributed by atoms with Gasteiger partial charge in [0.05, 0.1) is 12.5 Å². The molecule has 2 heterocycles. The van der Waals surface area contributed by atoms with E-state index in [1.165, 1.54) is 25.3 Å². The number of methoxy groups -OCH3 is 1. The predicted octanol–water partition coefficient (Wildman–Crippen LogP) is 1.19. The van der Waals surface area contributed by atoms with E-state index in [0.717, 1.165) is 34.6 Å². The van der Waals surface area contributed by atoms with Crippen LogP contribution in [-0.2, 0) is 47.7 Å². The van der Waals surface area contributed by atoms with Crippen LogP contribution in [0, 0.1) is 0 Å². The van der Waals surface area contributed by atoms with Crippen LogP contribution in [0.5, 0.6) is 17.2 Å². The fourth-order valence-electron chi connectivity index (χ4n) is 4.01. The Balaban J connectivity index is 2.21. The van der Waals surface area contributed by atoms with Gasteiger partial charge in [0, 0.05) is 40.7 Å². The molecule has 0 aliphatic carbocycles. The number of benzene rings is 1. The third-order valence-corrected chi connectivity index (χ3v) is 5.46. The summed E-state index contributed by atoms with van der Waals surface area (Å²) in [5.41, 5.74) is -1.15. The minimum atomic E-state index is -1.71. The van der Waals surface area contributed by atoms with Crippen molar-refractivity contribution in [2.45, 2.75) is 65.3 Å². The first-order chi connectivity index (χ1) is 19.3. The second-order valence-corrected chi connectivity index (χ2v) is 8.69. The largest absolute Gasteiger partial charge is 0.497 e. The van der Waals surface area contributed by atoms with Gasteiger partial charge in [-0.15, -0.1) is 0 Å². The number of esters is 5. The molecule has 1 aromatic heterocycles. The molecule has 0 saturated carbocycles. The Morgan fingerprint density at radius 1 is 0.780 bits per heavy atom. The molecule has 41 heavy (non-hydrogen) atoms. The van der Waals surface area contributed by atoms with Crippen molar-refractivity contribution in [1.29, 1.82) is 0 Å². The summed E-state index contributed by atoms with van der Waals surface area (Å²) in [6, 6.07) is 4.30. The number of hydrogen-bond acceptors (Lipinski definition) is 15. The Morgan fingerprint density at radius 3 is 1.95 bits per heavy atom. The zero-order valence-electron chi connectivity index (χ0n) is 22.9. The van der Waals surface area contributed by atoms with Gasteiger partial charge in [0.15, 0.2) is 18.0 Å². The van der Waals surface area contributed by atoms with Gasteiger partial charge in [-0.2, -0.15) is 0 Å². The lowest BCUT2D eigenvalue weighted by atomic mass is 9.98. The summed E-state index contributed by atoms with van der Waals surface area (Å²) in [7, 11) is 1.39. The smallest absolute Gasteiger partial charge is 0.383 e. The van der Waals surface area contributed by atoms with Crippen molar-refractivity contribution in [1.82, 2.24) is 0 Å². The quantitative estimate of drug-likeness (QED) is 0.233. The van der Waals surface area contributed by atoms with Crippen LogP contribution in [0.4, 0.5) is 0 Å². The topological polar surface area (TPSA) is 189 Å². The number of carbonyl (C=O) groups is 5. The summed E-state index contributed by atoms with van der Waals surface area (Å²) in [6.07, 6.45) is -7.62. The predicted molar refractivity (Wildman–Crippen MR) is 133 cm³/mol. The molecule has 1 aliphatic rings. The van der Waals surface area contributed by atoms with E-state index < -0.39 is 78.5 Å². The van der Waals surface area contributed by atoms with E-state index in [4.69, 9.17) is 42.3 Å². The molecule has 0 radical (unpaired) electrons. The molecule has 2 aromatic rings. The molecule has 1 aromatic carbocycles. The zero-order valence-corrected chi connectivity index (χ0v) is 22.9. The van der Waals surface area contributed by atoms with Gasteiger partial charge < -0.3 is 42.3 Å². The highest BCUT2D eigenvalue weighted by molar-refractivity contribution is 5.87. The molecular formula is C26H28O15. The van der Waals surface area contributed by atoms with Crippen molar-refractivity contribution >= 4 is 40.8 Å². The average molecular weight is 580 g/mol. The van der Waals surface area contributed by atoms with E-state index in [1.54, 1.807) is 0 Å². The van der Waals surface area contributed by atoms with Crippen molar-refractivity contribution < 1.29 is 66.3 Å². The average Bonchev–Trinajstić information content (AvgIpc) is 2.86. The fourth-order valence-corrected chi connectivity index (χ4v) is 4.01. The van der Waals surface area contributed by atoms with Gasteiger partial charge in [0.1, 0.15) is 24.0 Å². The maximum absolute atomic E-state index is 12.8. The summed E-state index contributed by atoms with van der Waals surface area (Å²) < 4.78 is 48.6. The Hall–Kier alpha value is -4.66. The Kier molecular flexibility index (Phi) is 9.89. The maximum atomic E-state index is 12.8. The summed E-state index contributed by atoms with van der Waals surface area (Å²) in [5.74, 6) is -4.85. The first kappa shape index (κ1) is 30.9. The van der Waals surface area contributed by atoms with Crippen molar-refractivity contribution in [3.63, 3.8) is 0 Å². The lowest BCUT2D eigenvalue weighted by molar-refractivity contribution is -0.288. The number of ether oxygens (including phenoxy) is 8. The highest BCUT2D eigenvalue weighted by Crippen LogP contribution is 2.38. The van der Waals surface area contributed by atoms with E-state index in [2.05, 4.69) is 0 Å². The van der Waals surface area contributed by atoms with Crippen molar-refractivity contribution in [3.05, 3.63) is 28.6 Å². The monoisotopic (exact) mass is 580 g/mol. The molecule has 0 spiro atoms. The molecule has 0 bridgehead atoms. The first-order valence-corrected chi connectivity index (χ1v) is 12.1. The van der Waals surface area contributed by atoms with Crippen LogP contribution < -0.4 is 19.8 Å². The molecule has 1 saturated heterocycles. The van der Waals surface area contributed by atoms with Crippen LogP contribution in [0.1, 0.15) is 34.6 Å². The number of fused-ring (bicyclic) bond motifs is 1. The van der Waals surface area contributed by atoms with E-state index in [-0.39, 0.29) is 16.7 Å². The van der Waals surface area contributed by atoms with Gasteiger partial charge in [0.25, 0.3) is 5.75 Å². The van der Waals surface area contributed by atoms with Gasteiger partial charge in [0.2, 0.25) is 12.4 Å². The summed E-state index contributed by atoms with van der Waals surface area (Å²) >= 11 is 0. The van der Waals surface area contributed by atoms with E-state index in [9.17, 15) is 28.8 Å². The summed E-state index contributed by atoms with van der Waals surface area (Å²) in [4.78, 5) is 72.4. The summed E-state index contributed by atoms with van der Waals surface area (Å²) in [6.45, 7) is 4.84. The molecule has 1 aliphatic heterocycles. The Morgan fingerprint density at radius 2 is 1.39 bits per heavy atom. The molecule has 15 heteroatoms. The van der Waals surface area contributed by atoms with E-state index in [0.29, 0.717) is 5.75 Å². The number of hydrogen-bond donors (Lipinski definition) is 0.